The molecule has 1 aromatic carbocycles. The van der Waals surface area contributed by atoms with Gasteiger partial charge in [0.1, 0.15) is 0 Å². The fourth-order valence-corrected chi connectivity index (χ4v) is 3.40. The van der Waals surface area contributed by atoms with E-state index in [1.54, 1.807) is 0 Å². The highest BCUT2D eigenvalue weighted by Gasteiger charge is 2.43. The molecule has 1 heterocycles. The second-order valence-corrected chi connectivity index (χ2v) is 5.64. The fourth-order valence-electron chi connectivity index (χ4n) is 3.40. The first-order valence-corrected chi connectivity index (χ1v) is 7.11. The summed E-state index contributed by atoms with van der Waals surface area (Å²) in [6.07, 6.45) is 3.93. The average molecular weight is 294 g/mol. The summed E-state index contributed by atoms with van der Waals surface area (Å²) in [5, 5.41) is 0. The average Bonchev–Trinajstić information content (AvgIpc) is 3.05. The van der Waals surface area contributed by atoms with Crippen LogP contribution >= 0.6 is 0 Å². The minimum absolute atomic E-state index is 0.0738. The van der Waals surface area contributed by atoms with Crippen LogP contribution in [0.2, 0.25) is 0 Å². The van der Waals surface area contributed by atoms with Crippen LogP contribution in [0.4, 0.5) is 8.78 Å². The van der Waals surface area contributed by atoms with Crippen LogP contribution in [0.15, 0.2) is 12.1 Å². The zero-order valence-electron chi connectivity index (χ0n) is 11.4. The van der Waals surface area contributed by atoms with Crippen LogP contribution in [0, 0.1) is 17.6 Å². The Bertz CT molecular complexity index is 571. The number of halogens is 2. The van der Waals surface area contributed by atoms with E-state index in [2.05, 4.69) is 0 Å². The summed E-state index contributed by atoms with van der Waals surface area (Å²) < 4.78 is 26.6. The molecule has 2 N–H and O–H groups in total. The van der Waals surface area contributed by atoms with Crippen molar-refractivity contribution in [2.45, 2.75) is 31.7 Å². The number of hydrogen-bond acceptors (Lipinski definition) is 3. The van der Waals surface area contributed by atoms with E-state index in [4.69, 9.17) is 5.73 Å². The molecule has 2 aliphatic rings. The fraction of sp³-hybridized carbons (Fsp3) is 0.467. The van der Waals surface area contributed by atoms with Gasteiger partial charge >= 0.3 is 0 Å². The van der Waals surface area contributed by atoms with Crippen molar-refractivity contribution in [3.8, 4) is 0 Å². The number of carbonyl (C=O) groups is 2. The third-order valence-corrected chi connectivity index (χ3v) is 4.48. The summed E-state index contributed by atoms with van der Waals surface area (Å²) in [5.74, 6) is -3.22. The molecule has 0 radical (unpaired) electrons. The van der Waals surface area contributed by atoms with Crippen molar-refractivity contribution < 1.29 is 18.4 Å². The molecule has 1 aromatic rings. The lowest BCUT2D eigenvalue weighted by Gasteiger charge is -2.29. The van der Waals surface area contributed by atoms with E-state index >= 15 is 0 Å². The van der Waals surface area contributed by atoms with Gasteiger partial charge in [-0.1, -0.05) is 12.8 Å². The van der Waals surface area contributed by atoms with Gasteiger partial charge in [0, 0.05) is 6.54 Å². The van der Waals surface area contributed by atoms with Crippen molar-refractivity contribution >= 4 is 11.8 Å². The van der Waals surface area contributed by atoms with Crippen molar-refractivity contribution in [3.63, 3.8) is 0 Å². The number of hydrogen-bond donors (Lipinski definition) is 1. The number of benzene rings is 1. The van der Waals surface area contributed by atoms with Crippen LogP contribution in [0.1, 0.15) is 46.4 Å². The highest BCUT2D eigenvalue weighted by Crippen LogP contribution is 2.34. The second-order valence-electron chi connectivity index (χ2n) is 5.64. The van der Waals surface area contributed by atoms with E-state index in [0.717, 1.165) is 42.7 Å². The lowest BCUT2D eigenvalue weighted by atomic mass is 9.96. The maximum absolute atomic E-state index is 13.3. The largest absolute Gasteiger partial charge is 0.328 e. The summed E-state index contributed by atoms with van der Waals surface area (Å²) in [6.45, 7) is 0.168. The number of carbonyl (C=O) groups excluding carboxylic acids is 2. The van der Waals surface area contributed by atoms with Crippen molar-refractivity contribution in [1.82, 2.24) is 4.90 Å². The molecule has 1 unspecified atom stereocenters. The first kappa shape index (κ1) is 14.1. The summed E-state index contributed by atoms with van der Waals surface area (Å²) in [7, 11) is 0. The molecule has 3 rings (SSSR count). The first-order valence-electron chi connectivity index (χ1n) is 7.11. The molecule has 0 saturated heterocycles. The molecule has 1 saturated carbocycles. The molecule has 1 atom stereocenters. The van der Waals surface area contributed by atoms with Gasteiger partial charge in [-0.25, -0.2) is 8.78 Å². The van der Waals surface area contributed by atoms with E-state index < -0.39 is 29.5 Å². The van der Waals surface area contributed by atoms with Crippen LogP contribution in [0.25, 0.3) is 0 Å². The number of nitrogens with zero attached hydrogens (tertiary/aromatic N) is 1. The Kier molecular flexibility index (Phi) is 3.49. The SMILES string of the molecule is NCC(C1CCCC1)N1C(=O)c2cc(F)c(F)cc2C1=O. The van der Waals surface area contributed by atoms with Gasteiger partial charge in [0.2, 0.25) is 0 Å². The molecule has 6 heteroatoms. The molecule has 21 heavy (non-hydrogen) atoms. The van der Waals surface area contributed by atoms with Crippen LogP contribution in [-0.4, -0.2) is 29.3 Å². The standard InChI is InChI=1S/C15H16F2N2O2/c16-11-5-9-10(6-12(11)17)15(21)19(14(9)20)13(7-18)8-3-1-2-4-8/h5-6,8,13H,1-4,7,18H2. The maximum Gasteiger partial charge on any atom is 0.261 e. The Balaban J connectivity index is 1.98. The Hall–Kier alpha value is -1.82. The summed E-state index contributed by atoms with van der Waals surface area (Å²) in [4.78, 5) is 25.9. The molecule has 1 aliphatic carbocycles. The van der Waals surface area contributed by atoms with E-state index in [1.165, 1.54) is 0 Å². The summed E-state index contributed by atoms with van der Waals surface area (Å²) in [5.41, 5.74) is 5.61. The van der Waals surface area contributed by atoms with Crippen LogP contribution in [0.3, 0.4) is 0 Å². The molecule has 4 nitrogen and oxygen atoms in total. The van der Waals surface area contributed by atoms with Crippen LogP contribution < -0.4 is 5.73 Å². The second kappa shape index (κ2) is 5.18. The molecule has 0 aromatic heterocycles. The normalized spacial score (nSPS) is 20.2. The minimum atomic E-state index is -1.12. The highest BCUT2D eigenvalue weighted by molar-refractivity contribution is 6.21. The van der Waals surface area contributed by atoms with Crippen LogP contribution in [0.5, 0.6) is 0 Å². The van der Waals surface area contributed by atoms with Crippen molar-refractivity contribution in [3.05, 3.63) is 34.9 Å². The molecular weight excluding hydrogens is 278 g/mol. The molecule has 112 valence electrons. The van der Waals surface area contributed by atoms with E-state index in [-0.39, 0.29) is 23.6 Å². The molecule has 1 fully saturated rings. The Morgan fingerprint density at radius 1 is 1.10 bits per heavy atom. The van der Waals surface area contributed by atoms with Gasteiger partial charge in [0.05, 0.1) is 17.2 Å². The van der Waals surface area contributed by atoms with E-state index in [9.17, 15) is 18.4 Å². The number of nitrogens with two attached hydrogens (primary N) is 1. The van der Waals surface area contributed by atoms with Gasteiger partial charge < -0.3 is 5.73 Å². The first-order chi connectivity index (χ1) is 10.0. The highest BCUT2D eigenvalue weighted by atomic mass is 19.2. The van der Waals surface area contributed by atoms with Gasteiger partial charge in [-0.15, -0.1) is 0 Å². The third kappa shape index (κ3) is 2.14. The quantitative estimate of drug-likeness (QED) is 0.868. The molecular formula is C15H16F2N2O2. The number of fused-ring (bicyclic) bond motifs is 1. The topological polar surface area (TPSA) is 63.4 Å². The van der Waals surface area contributed by atoms with Crippen LogP contribution in [-0.2, 0) is 0 Å². The zero-order valence-corrected chi connectivity index (χ0v) is 11.4. The van der Waals surface area contributed by atoms with Gasteiger partial charge in [0.25, 0.3) is 11.8 Å². The minimum Gasteiger partial charge on any atom is -0.328 e. The van der Waals surface area contributed by atoms with Crippen molar-refractivity contribution in [1.29, 1.82) is 0 Å². The predicted octanol–water partition coefficient (Wildman–Crippen LogP) is 2.08. The molecule has 0 bridgehead atoms. The molecule has 1 aliphatic heterocycles. The Morgan fingerprint density at radius 2 is 1.57 bits per heavy atom. The third-order valence-electron chi connectivity index (χ3n) is 4.48. The smallest absolute Gasteiger partial charge is 0.261 e. The lowest BCUT2D eigenvalue weighted by Crippen LogP contribution is -2.48. The van der Waals surface area contributed by atoms with Crippen molar-refractivity contribution in [2.24, 2.45) is 11.7 Å². The number of rotatable bonds is 3. The van der Waals surface area contributed by atoms with Gasteiger partial charge in [-0.3, -0.25) is 14.5 Å². The van der Waals surface area contributed by atoms with Gasteiger partial charge in [-0.2, -0.15) is 0 Å². The van der Waals surface area contributed by atoms with Crippen molar-refractivity contribution in [2.75, 3.05) is 6.54 Å². The predicted molar refractivity (Wildman–Crippen MR) is 71.7 cm³/mol. The lowest BCUT2D eigenvalue weighted by molar-refractivity contribution is 0.0535. The maximum atomic E-state index is 13.3. The van der Waals surface area contributed by atoms with Gasteiger partial charge in [-0.05, 0) is 30.9 Å². The molecule has 0 spiro atoms. The zero-order chi connectivity index (χ0) is 15.1. The van der Waals surface area contributed by atoms with E-state index in [1.807, 2.05) is 0 Å². The summed E-state index contributed by atoms with van der Waals surface area (Å²) in [6, 6.07) is 1.20. The molecule has 2 amide bonds. The van der Waals surface area contributed by atoms with E-state index in [0.29, 0.717) is 0 Å². The Morgan fingerprint density at radius 3 is 2.00 bits per heavy atom. The Labute approximate surface area is 120 Å². The van der Waals surface area contributed by atoms with Gasteiger partial charge in [0.15, 0.2) is 11.6 Å². The number of amides is 2. The summed E-state index contributed by atoms with van der Waals surface area (Å²) >= 11 is 0. The number of imide groups is 1. The monoisotopic (exact) mass is 294 g/mol.